The van der Waals surface area contributed by atoms with E-state index in [1.54, 1.807) is 0 Å². The molecule has 0 radical (unpaired) electrons. The van der Waals surface area contributed by atoms with E-state index in [0.717, 1.165) is 24.8 Å². The van der Waals surface area contributed by atoms with Crippen molar-refractivity contribution in [3.05, 3.63) is 0 Å². The minimum Gasteiger partial charge on any atom is -0.356 e. The van der Waals surface area contributed by atoms with E-state index in [1.807, 2.05) is 18.7 Å². The molecule has 1 fully saturated rings. The van der Waals surface area contributed by atoms with Gasteiger partial charge >= 0.3 is 0 Å². The zero-order valence-electron chi connectivity index (χ0n) is 8.30. The van der Waals surface area contributed by atoms with Crippen LogP contribution in [0.3, 0.4) is 0 Å². The minimum atomic E-state index is 0.155. The molecule has 2 N–H and O–H groups in total. The maximum Gasteiger partial charge on any atom is 0.222 e. The summed E-state index contributed by atoms with van der Waals surface area (Å²) in [6, 6.07) is 0. The number of rotatable bonds is 3. The Bertz CT molecular complexity index is 167. The molecule has 0 bridgehead atoms. The van der Waals surface area contributed by atoms with Crippen molar-refractivity contribution < 1.29 is 4.79 Å². The molecule has 0 aromatic heterocycles. The molecule has 1 saturated heterocycles. The maximum absolute atomic E-state index is 11.2. The van der Waals surface area contributed by atoms with Crippen LogP contribution in [0.25, 0.3) is 0 Å². The number of carbonyl (C=O) groups is 1. The Hall–Kier alpha value is -0.220. The molecule has 0 aliphatic carbocycles. The molecule has 2 atom stereocenters. The van der Waals surface area contributed by atoms with Crippen molar-refractivity contribution in [3.8, 4) is 0 Å². The van der Waals surface area contributed by atoms with Crippen LogP contribution in [-0.2, 0) is 4.79 Å². The predicted octanol–water partition coefficient (Wildman–Crippen LogP) is 0.811. The molecule has 76 valence electrons. The number of carbonyl (C=O) groups excluding carboxylic acids is 1. The van der Waals surface area contributed by atoms with Crippen LogP contribution >= 0.6 is 11.8 Å². The van der Waals surface area contributed by atoms with Gasteiger partial charge in [-0.05, 0) is 25.1 Å². The molecule has 0 aromatic rings. The molecule has 4 heteroatoms. The average Bonchev–Trinajstić information content (AvgIpc) is 2.09. The van der Waals surface area contributed by atoms with Crippen molar-refractivity contribution in [2.45, 2.75) is 25.6 Å². The van der Waals surface area contributed by atoms with Crippen LogP contribution in [0.4, 0.5) is 0 Å². The second-order valence-corrected chi connectivity index (χ2v) is 4.73. The monoisotopic (exact) mass is 202 g/mol. The fourth-order valence-electron chi connectivity index (χ4n) is 1.30. The fourth-order valence-corrected chi connectivity index (χ4v) is 2.46. The van der Waals surface area contributed by atoms with Crippen molar-refractivity contribution >= 4 is 17.7 Å². The number of nitrogens with one attached hydrogen (secondary N) is 2. The molecule has 2 unspecified atom stereocenters. The summed E-state index contributed by atoms with van der Waals surface area (Å²) >= 11 is 1.85. The van der Waals surface area contributed by atoms with Gasteiger partial charge in [-0.25, -0.2) is 0 Å². The highest BCUT2D eigenvalue weighted by Crippen LogP contribution is 2.20. The summed E-state index contributed by atoms with van der Waals surface area (Å²) in [5.41, 5.74) is 0. The highest BCUT2D eigenvalue weighted by Gasteiger charge is 2.19. The predicted molar refractivity (Wildman–Crippen MR) is 56.7 cm³/mol. The second kappa shape index (κ2) is 5.50. The van der Waals surface area contributed by atoms with E-state index >= 15 is 0 Å². The molecule has 0 aromatic carbocycles. The van der Waals surface area contributed by atoms with Gasteiger partial charge in [0.15, 0.2) is 0 Å². The first kappa shape index (κ1) is 10.9. The third kappa shape index (κ3) is 4.00. The van der Waals surface area contributed by atoms with Crippen LogP contribution in [0.15, 0.2) is 0 Å². The van der Waals surface area contributed by atoms with Crippen molar-refractivity contribution in [2.75, 3.05) is 18.8 Å². The van der Waals surface area contributed by atoms with Crippen LogP contribution in [0.1, 0.15) is 20.3 Å². The van der Waals surface area contributed by atoms with Gasteiger partial charge in [0.25, 0.3) is 0 Å². The van der Waals surface area contributed by atoms with E-state index in [2.05, 4.69) is 17.6 Å². The zero-order valence-corrected chi connectivity index (χ0v) is 9.12. The Morgan fingerprint density at radius 2 is 2.46 bits per heavy atom. The second-order valence-electron chi connectivity index (χ2n) is 3.49. The van der Waals surface area contributed by atoms with E-state index in [1.165, 1.54) is 0 Å². The van der Waals surface area contributed by atoms with Gasteiger partial charge in [-0.3, -0.25) is 4.79 Å². The van der Waals surface area contributed by atoms with Crippen LogP contribution in [-0.4, -0.2) is 30.1 Å². The van der Waals surface area contributed by atoms with Gasteiger partial charge in [0.05, 0.1) is 11.8 Å². The summed E-state index contributed by atoms with van der Waals surface area (Å²) in [5.74, 6) is 2.05. The van der Waals surface area contributed by atoms with Crippen molar-refractivity contribution in [3.63, 3.8) is 0 Å². The number of hydrogen-bond acceptors (Lipinski definition) is 3. The lowest BCUT2D eigenvalue weighted by Crippen LogP contribution is -2.40. The van der Waals surface area contributed by atoms with E-state index in [9.17, 15) is 4.79 Å². The highest BCUT2D eigenvalue weighted by atomic mass is 32.2. The Kier molecular flexibility index (Phi) is 4.59. The molecule has 0 saturated carbocycles. The van der Waals surface area contributed by atoms with Crippen LogP contribution in [0.2, 0.25) is 0 Å². The molecule has 3 nitrogen and oxygen atoms in total. The molecule has 1 rings (SSSR count). The van der Waals surface area contributed by atoms with Crippen LogP contribution < -0.4 is 10.6 Å². The molecule has 1 amide bonds. The van der Waals surface area contributed by atoms with E-state index in [0.29, 0.717) is 11.8 Å². The summed E-state index contributed by atoms with van der Waals surface area (Å²) < 4.78 is 0. The highest BCUT2D eigenvalue weighted by molar-refractivity contribution is 7.99. The van der Waals surface area contributed by atoms with Crippen molar-refractivity contribution in [1.82, 2.24) is 10.6 Å². The van der Waals surface area contributed by atoms with Gasteiger partial charge in [0, 0.05) is 6.54 Å². The van der Waals surface area contributed by atoms with Gasteiger partial charge < -0.3 is 10.6 Å². The summed E-state index contributed by atoms with van der Waals surface area (Å²) in [7, 11) is 0. The first-order chi connectivity index (χ1) is 6.22. The maximum atomic E-state index is 11.2. The molecule has 0 spiro atoms. The third-order valence-electron chi connectivity index (χ3n) is 2.02. The number of hydrogen-bond donors (Lipinski definition) is 2. The van der Waals surface area contributed by atoms with Crippen LogP contribution in [0.5, 0.6) is 0 Å². The number of thioether (sulfide) groups is 1. The Balaban J connectivity index is 2.18. The molecular formula is C9H18N2OS. The van der Waals surface area contributed by atoms with E-state index in [-0.39, 0.29) is 5.91 Å². The first-order valence-corrected chi connectivity index (χ1v) is 5.89. The average molecular weight is 202 g/mol. The first-order valence-electron chi connectivity index (χ1n) is 4.84. The standard InChI is InChI=1S/C9H18N2OS/c1-3-10-8(12)4-9-11-5-7(2)6-13-9/h7,9,11H,3-6H2,1-2H3,(H,10,12). The number of amides is 1. The Morgan fingerprint density at radius 1 is 1.69 bits per heavy atom. The summed E-state index contributed by atoms with van der Waals surface area (Å²) in [4.78, 5) is 11.2. The fraction of sp³-hybridized carbons (Fsp3) is 0.889. The molecule has 1 heterocycles. The molecular weight excluding hydrogens is 184 g/mol. The van der Waals surface area contributed by atoms with Gasteiger partial charge in [-0.1, -0.05) is 6.92 Å². The summed E-state index contributed by atoms with van der Waals surface area (Å²) in [5, 5.41) is 6.49. The topological polar surface area (TPSA) is 41.1 Å². The van der Waals surface area contributed by atoms with E-state index in [4.69, 9.17) is 0 Å². The van der Waals surface area contributed by atoms with Crippen LogP contribution in [0, 0.1) is 5.92 Å². The SMILES string of the molecule is CCNC(=O)CC1NCC(C)CS1. The third-order valence-corrected chi connectivity index (χ3v) is 3.52. The lowest BCUT2D eigenvalue weighted by atomic mass is 10.2. The lowest BCUT2D eigenvalue weighted by molar-refractivity contribution is -0.121. The largest absolute Gasteiger partial charge is 0.356 e. The molecule has 1 aliphatic heterocycles. The van der Waals surface area contributed by atoms with Gasteiger partial charge in [0.2, 0.25) is 5.91 Å². The summed E-state index contributed by atoms with van der Waals surface area (Å²) in [6.07, 6.45) is 0.602. The molecule has 1 aliphatic rings. The smallest absolute Gasteiger partial charge is 0.222 e. The minimum absolute atomic E-state index is 0.155. The lowest BCUT2D eigenvalue weighted by Gasteiger charge is -2.26. The Labute approximate surface area is 84.0 Å². The van der Waals surface area contributed by atoms with Gasteiger partial charge in [-0.15, -0.1) is 11.8 Å². The molecule has 13 heavy (non-hydrogen) atoms. The normalized spacial score (nSPS) is 28.5. The zero-order chi connectivity index (χ0) is 9.68. The van der Waals surface area contributed by atoms with Crippen molar-refractivity contribution in [2.24, 2.45) is 5.92 Å². The van der Waals surface area contributed by atoms with E-state index < -0.39 is 0 Å². The summed E-state index contributed by atoms with van der Waals surface area (Å²) in [6.45, 7) is 5.94. The van der Waals surface area contributed by atoms with Gasteiger partial charge in [-0.2, -0.15) is 0 Å². The Morgan fingerprint density at radius 3 is 3.00 bits per heavy atom. The van der Waals surface area contributed by atoms with Crippen molar-refractivity contribution in [1.29, 1.82) is 0 Å². The van der Waals surface area contributed by atoms with Gasteiger partial charge in [0.1, 0.15) is 0 Å². The quantitative estimate of drug-likeness (QED) is 0.711.